The molecule has 1 aromatic heterocycles. The van der Waals surface area contributed by atoms with Crippen molar-refractivity contribution in [2.45, 2.75) is 13.3 Å². The summed E-state index contributed by atoms with van der Waals surface area (Å²) in [5.74, 6) is 0. The van der Waals surface area contributed by atoms with Gasteiger partial charge in [-0.25, -0.2) is 0 Å². The van der Waals surface area contributed by atoms with Crippen LogP contribution in [0.2, 0.25) is 0 Å². The molecular weight excluding hydrogens is 615 g/mol. The molecule has 0 fully saturated rings. The van der Waals surface area contributed by atoms with Crippen molar-refractivity contribution in [2.24, 2.45) is 0 Å². The highest BCUT2D eigenvalue weighted by atomic mass is 15.0. The number of aromatic nitrogens is 1. The van der Waals surface area contributed by atoms with E-state index < -0.39 is 0 Å². The molecule has 0 bridgehead atoms. The van der Waals surface area contributed by atoms with E-state index in [2.05, 4.69) is 193 Å². The van der Waals surface area contributed by atoms with Crippen LogP contribution in [0.5, 0.6) is 0 Å². The van der Waals surface area contributed by atoms with E-state index >= 15 is 0 Å². The predicted molar refractivity (Wildman–Crippen MR) is 219 cm³/mol. The highest BCUT2D eigenvalue weighted by molar-refractivity contribution is 6.25. The minimum atomic E-state index is 0.965. The number of nitrogens with zero attached hydrogens (tertiary/aromatic N) is 1. The average molecular weight is 650 g/mol. The van der Waals surface area contributed by atoms with Crippen LogP contribution < -0.4 is 0 Å². The van der Waals surface area contributed by atoms with Gasteiger partial charge in [-0.3, -0.25) is 0 Å². The molecule has 1 heteroatoms. The summed E-state index contributed by atoms with van der Waals surface area (Å²) in [6.07, 6.45) is 0.965. The van der Waals surface area contributed by atoms with Crippen LogP contribution in [-0.4, -0.2) is 4.57 Å². The zero-order valence-corrected chi connectivity index (χ0v) is 28.5. The third-order valence-corrected chi connectivity index (χ3v) is 10.7. The molecule has 0 amide bonds. The lowest BCUT2D eigenvalue weighted by Gasteiger charge is -2.20. The van der Waals surface area contributed by atoms with Gasteiger partial charge in [0.05, 0.1) is 11.2 Å². The first-order valence-electron chi connectivity index (χ1n) is 17.9. The third kappa shape index (κ3) is 4.62. The van der Waals surface area contributed by atoms with E-state index in [1.54, 1.807) is 0 Å². The summed E-state index contributed by atoms with van der Waals surface area (Å²) in [7, 11) is 0. The van der Waals surface area contributed by atoms with Crippen molar-refractivity contribution in [1.82, 2.24) is 4.57 Å². The molecule has 0 saturated heterocycles. The van der Waals surface area contributed by atoms with Crippen LogP contribution >= 0.6 is 0 Å². The number of hydrogen-bond donors (Lipinski definition) is 0. The van der Waals surface area contributed by atoms with Gasteiger partial charge in [-0.05, 0) is 102 Å². The maximum absolute atomic E-state index is 2.44. The predicted octanol–water partition coefficient (Wildman–Crippen LogP) is 13.8. The third-order valence-electron chi connectivity index (χ3n) is 10.7. The molecule has 240 valence electrons. The van der Waals surface area contributed by atoms with Gasteiger partial charge in [0.1, 0.15) is 0 Å². The van der Waals surface area contributed by atoms with Crippen LogP contribution in [0.3, 0.4) is 0 Å². The van der Waals surface area contributed by atoms with Gasteiger partial charge in [-0.15, -0.1) is 0 Å². The van der Waals surface area contributed by atoms with Crippen LogP contribution in [0.4, 0.5) is 0 Å². The van der Waals surface area contributed by atoms with Gasteiger partial charge in [-0.1, -0.05) is 165 Å². The van der Waals surface area contributed by atoms with Crippen molar-refractivity contribution < 1.29 is 0 Å². The van der Waals surface area contributed by atoms with Crippen LogP contribution in [0.1, 0.15) is 12.6 Å². The summed E-state index contributed by atoms with van der Waals surface area (Å²) >= 11 is 0. The Morgan fingerprint density at radius 2 is 0.882 bits per heavy atom. The standard InChI is InChI=1S/C50H35N/c1-2-37-31-36-16-4-13-25-47(36)51(37)48-26-14-12-18-39(48)33-27-29-34(30-28-33)49-42-21-8-10-23-44(42)50(45-24-11-9-22-43(45)49)46-32-35-15-3-5-17-38(35)40-19-6-7-20-41(40)46/h3-32H,2H2,1H3. The molecule has 0 N–H and O–H groups in total. The average Bonchev–Trinajstić information content (AvgIpc) is 3.58. The number of aryl methyl sites for hydroxylation is 1. The Kier molecular flexibility index (Phi) is 6.85. The Morgan fingerprint density at radius 1 is 0.373 bits per heavy atom. The maximum Gasteiger partial charge on any atom is 0.0537 e. The molecule has 0 unspecified atom stereocenters. The van der Waals surface area contributed by atoms with E-state index in [0.29, 0.717) is 0 Å². The van der Waals surface area contributed by atoms with Gasteiger partial charge in [0.25, 0.3) is 0 Å². The number of hydrogen-bond acceptors (Lipinski definition) is 0. The van der Waals surface area contributed by atoms with Crippen LogP contribution in [0, 0.1) is 0 Å². The Labute approximate surface area is 297 Å². The molecule has 1 heterocycles. The molecule has 0 spiro atoms. The number of para-hydroxylation sites is 2. The van der Waals surface area contributed by atoms with E-state index in [1.165, 1.54) is 98.8 Å². The van der Waals surface area contributed by atoms with E-state index in [4.69, 9.17) is 0 Å². The minimum Gasteiger partial charge on any atom is -0.313 e. The molecule has 0 aliphatic rings. The van der Waals surface area contributed by atoms with Crippen LogP contribution in [0.15, 0.2) is 182 Å². The van der Waals surface area contributed by atoms with Gasteiger partial charge in [0, 0.05) is 16.6 Å². The smallest absolute Gasteiger partial charge is 0.0537 e. The summed E-state index contributed by atoms with van der Waals surface area (Å²) < 4.78 is 2.44. The van der Waals surface area contributed by atoms with Crippen molar-refractivity contribution in [3.05, 3.63) is 188 Å². The molecule has 10 aromatic rings. The zero-order chi connectivity index (χ0) is 33.9. The van der Waals surface area contributed by atoms with E-state index in [9.17, 15) is 0 Å². The molecule has 0 radical (unpaired) electrons. The molecule has 0 aliphatic carbocycles. The SMILES string of the molecule is CCc1cc2ccccc2n1-c1ccccc1-c1ccc(-c2c3ccccc3c(-c3cc4ccccc4c4ccccc34)c3ccccc23)cc1. The second kappa shape index (κ2) is 11.9. The summed E-state index contributed by atoms with van der Waals surface area (Å²) in [6, 6.07) is 67.1. The normalized spacial score (nSPS) is 11.7. The monoisotopic (exact) mass is 649 g/mol. The van der Waals surface area contributed by atoms with Crippen molar-refractivity contribution in [1.29, 1.82) is 0 Å². The van der Waals surface area contributed by atoms with Crippen molar-refractivity contribution in [3.8, 4) is 39.1 Å². The molecule has 1 nitrogen and oxygen atoms in total. The Morgan fingerprint density at radius 3 is 1.57 bits per heavy atom. The molecule has 0 aliphatic heterocycles. The second-order valence-corrected chi connectivity index (χ2v) is 13.5. The Balaban J connectivity index is 1.18. The van der Waals surface area contributed by atoms with Crippen LogP contribution in [-0.2, 0) is 6.42 Å². The highest BCUT2D eigenvalue weighted by Crippen LogP contribution is 2.46. The second-order valence-electron chi connectivity index (χ2n) is 13.5. The van der Waals surface area contributed by atoms with Crippen LogP contribution in [0.25, 0.3) is 93.1 Å². The fourth-order valence-corrected chi connectivity index (χ4v) is 8.48. The van der Waals surface area contributed by atoms with Gasteiger partial charge in [0.2, 0.25) is 0 Å². The van der Waals surface area contributed by atoms with E-state index in [-0.39, 0.29) is 0 Å². The quantitative estimate of drug-likeness (QED) is 0.129. The first kappa shape index (κ1) is 29.5. The molecule has 10 rings (SSSR count). The summed E-state index contributed by atoms with van der Waals surface area (Å²) in [6.45, 7) is 2.24. The van der Waals surface area contributed by atoms with Crippen molar-refractivity contribution in [3.63, 3.8) is 0 Å². The van der Waals surface area contributed by atoms with E-state index in [1.807, 2.05) is 0 Å². The van der Waals surface area contributed by atoms with Gasteiger partial charge < -0.3 is 4.57 Å². The highest BCUT2D eigenvalue weighted by Gasteiger charge is 2.19. The van der Waals surface area contributed by atoms with E-state index in [0.717, 1.165) is 6.42 Å². The Bertz CT molecular complexity index is 2890. The number of fused-ring (bicyclic) bond motifs is 6. The molecule has 0 atom stereocenters. The molecule has 9 aromatic carbocycles. The summed E-state index contributed by atoms with van der Waals surface area (Å²) in [4.78, 5) is 0. The van der Waals surface area contributed by atoms with Gasteiger partial charge in [-0.2, -0.15) is 0 Å². The lowest BCUT2D eigenvalue weighted by Crippen LogP contribution is -2.01. The number of benzene rings is 9. The summed E-state index contributed by atoms with van der Waals surface area (Å²) in [5.41, 5.74) is 11.3. The fourth-order valence-electron chi connectivity index (χ4n) is 8.48. The largest absolute Gasteiger partial charge is 0.313 e. The molecule has 0 saturated carbocycles. The number of rotatable bonds is 5. The van der Waals surface area contributed by atoms with Gasteiger partial charge >= 0.3 is 0 Å². The zero-order valence-electron chi connectivity index (χ0n) is 28.5. The lowest BCUT2D eigenvalue weighted by molar-refractivity contribution is 0.962. The fraction of sp³-hybridized carbons (Fsp3) is 0.0400. The summed E-state index contributed by atoms with van der Waals surface area (Å²) in [5, 5.41) is 11.5. The van der Waals surface area contributed by atoms with Crippen molar-refractivity contribution in [2.75, 3.05) is 0 Å². The van der Waals surface area contributed by atoms with Gasteiger partial charge in [0.15, 0.2) is 0 Å². The maximum atomic E-state index is 2.44. The van der Waals surface area contributed by atoms with Crippen molar-refractivity contribution >= 4 is 54.0 Å². The molecule has 51 heavy (non-hydrogen) atoms. The minimum absolute atomic E-state index is 0.965. The lowest BCUT2D eigenvalue weighted by atomic mass is 9.83. The topological polar surface area (TPSA) is 4.93 Å². The first-order valence-corrected chi connectivity index (χ1v) is 17.9. The first-order chi connectivity index (χ1) is 25.3. The molecular formula is C50H35N. The Hall–Kier alpha value is -6.44.